The highest BCUT2D eigenvalue weighted by atomic mass is 16.5. The third-order valence-corrected chi connectivity index (χ3v) is 0.728. The van der Waals surface area contributed by atoms with Crippen molar-refractivity contribution in [3.8, 4) is 0 Å². The van der Waals surface area contributed by atoms with Crippen molar-refractivity contribution in [3.63, 3.8) is 0 Å². The van der Waals surface area contributed by atoms with E-state index in [4.69, 9.17) is 10.1 Å². The number of hydrogen-bond donors (Lipinski definition) is 2. The van der Waals surface area contributed by atoms with Gasteiger partial charge >= 0.3 is 7.69 Å². The zero-order valence-electron chi connectivity index (χ0n) is 4.87. The second-order valence-corrected chi connectivity index (χ2v) is 1.61. The molecule has 0 aliphatic rings. The first-order valence-corrected chi connectivity index (χ1v) is 2.53. The van der Waals surface area contributed by atoms with Gasteiger partial charge in [-0.05, 0) is 13.3 Å². The second-order valence-electron chi connectivity index (χ2n) is 1.61. The Hall–Kier alpha value is -0.0551. The minimum atomic E-state index is -0.352. The van der Waals surface area contributed by atoms with Crippen molar-refractivity contribution in [1.29, 1.82) is 0 Å². The third kappa shape index (κ3) is 5.94. The highest BCUT2D eigenvalue weighted by molar-refractivity contribution is 6.15. The lowest BCUT2D eigenvalue weighted by atomic mass is 10.3. The van der Waals surface area contributed by atoms with E-state index < -0.39 is 0 Å². The van der Waals surface area contributed by atoms with Gasteiger partial charge in [0.15, 0.2) is 0 Å². The summed E-state index contributed by atoms with van der Waals surface area (Å²) in [4.78, 5) is 0. The van der Waals surface area contributed by atoms with Gasteiger partial charge in [0.1, 0.15) is 0 Å². The van der Waals surface area contributed by atoms with E-state index in [0.717, 1.165) is 0 Å². The quantitative estimate of drug-likeness (QED) is 0.378. The van der Waals surface area contributed by atoms with Crippen molar-refractivity contribution in [2.24, 2.45) is 0 Å². The molecule has 0 aromatic carbocycles. The van der Waals surface area contributed by atoms with E-state index in [1.54, 1.807) is 6.92 Å². The molecule has 0 spiro atoms. The van der Waals surface area contributed by atoms with Gasteiger partial charge in [0.05, 0.1) is 6.10 Å². The molecule has 0 aliphatic heterocycles. The fourth-order valence-electron chi connectivity index (χ4n) is 0.291. The van der Waals surface area contributed by atoms with Crippen molar-refractivity contribution in [1.82, 2.24) is 0 Å². The van der Waals surface area contributed by atoms with Crippen LogP contribution in [0.3, 0.4) is 0 Å². The van der Waals surface area contributed by atoms with Crippen molar-refractivity contribution in [2.45, 2.75) is 19.4 Å². The maximum atomic E-state index is 8.60. The molecule has 0 saturated carbocycles. The Morgan fingerprint density at radius 3 is 2.75 bits per heavy atom. The number of aliphatic hydroxyl groups excluding tert-OH is 1. The minimum Gasteiger partial charge on any atom is -0.429 e. The molecule has 1 unspecified atom stereocenters. The van der Waals surface area contributed by atoms with Crippen LogP contribution in [-0.4, -0.2) is 30.5 Å². The summed E-state index contributed by atoms with van der Waals surface area (Å²) in [5.41, 5.74) is 0. The summed E-state index contributed by atoms with van der Waals surface area (Å²) in [6, 6.07) is 0. The van der Waals surface area contributed by atoms with Crippen LogP contribution >= 0.6 is 0 Å². The summed E-state index contributed by atoms with van der Waals surface area (Å²) in [5.74, 6) is 0. The van der Waals surface area contributed by atoms with Crippen LogP contribution in [0.1, 0.15) is 13.3 Å². The molecule has 0 bridgehead atoms. The van der Waals surface area contributed by atoms with E-state index in [1.807, 2.05) is 0 Å². The fourth-order valence-corrected chi connectivity index (χ4v) is 0.291. The van der Waals surface area contributed by atoms with Crippen LogP contribution in [0.4, 0.5) is 0 Å². The van der Waals surface area contributed by atoms with Crippen LogP contribution in [0.25, 0.3) is 0 Å². The zero-order valence-corrected chi connectivity index (χ0v) is 4.87. The molecule has 0 aliphatic carbocycles. The van der Waals surface area contributed by atoms with Gasteiger partial charge in [-0.15, -0.1) is 0 Å². The molecule has 0 heterocycles. The molecule has 1 atom stereocenters. The maximum Gasteiger partial charge on any atom is 0.485 e. The first-order valence-electron chi connectivity index (χ1n) is 2.53. The minimum absolute atomic E-state index is 0.352. The summed E-state index contributed by atoms with van der Waals surface area (Å²) in [6.45, 7) is 2.04. The van der Waals surface area contributed by atoms with Crippen molar-refractivity contribution >= 4 is 7.69 Å². The molecular weight excluding hydrogens is 107 g/mol. The Balaban J connectivity index is 2.72. The fraction of sp³-hybridized carbons (Fsp3) is 1.00. The van der Waals surface area contributed by atoms with Crippen molar-refractivity contribution in [3.05, 3.63) is 0 Å². The second kappa shape index (κ2) is 5.09. The summed E-state index contributed by atoms with van der Waals surface area (Å²) >= 11 is 0. The number of hydrogen-bond acceptors (Lipinski definition) is 3. The molecular formula is C4H10BO3. The van der Waals surface area contributed by atoms with Crippen LogP contribution in [0, 0.1) is 0 Å². The monoisotopic (exact) mass is 117 g/mol. The molecule has 2 N–H and O–H groups in total. The van der Waals surface area contributed by atoms with Gasteiger partial charge in [0, 0.05) is 6.61 Å². The SMILES string of the molecule is CC(O)CCO[B]O. The molecule has 8 heavy (non-hydrogen) atoms. The largest absolute Gasteiger partial charge is 0.485 e. The van der Waals surface area contributed by atoms with E-state index in [1.165, 1.54) is 0 Å². The van der Waals surface area contributed by atoms with Gasteiger partial charge in [-0.1, -0.05) is 0 Å². The lowest BCUT2D eigenvalue weighted by Gasteiger charge is -2.00. The average Bonchev–Trinajstić information content (AvgIpc) is 1.66. The Morgan fingerprint density at radius 2 is 2.38 bits per heavy atom. The predicted molar refractivity (Wildman–Crippen MR) is 30.2 cm³/mol. The highest BCUT2D eigenvalue weighted by Crippen LogP contribution is 1.87. The lowest BCUT2D eigenvalue weighted by molar-refractivity contribution is 0.151. The van der Waals surface area contributed by atoms with Crippen LogP contribution < -0.4 is 0 Å². The standard InChI is InChI=1S/C4H10BO3/c1-4(6)2-3-8-5-7/h4,6-7H,2-3H2,1H3. The van der Waals surface area contributed by atoms with Gasteiger partial charge in [-0.25, -0.2) is 0 Å². The smallest absolute Gasteiger partial charge is 0.429 e. The van der Waals surface area contributed by atoms with Crippen molar-refractivity contribution < 1.29 is 14.8 Å². The number of aliphatic hydroxyl groups is 1. The normalized spacial score (nSPS) is 13.4. The van der Waals surface area contributed by atoms with Crippen LogP contribution in [0.15, 0.2) is 0 Å². The van der Waals surface area contributed by atoms with Gasteiger partial charge in [-0.2, -0.15) is 0 Å². The van der Waals surface area contributed by atoms with E-state index in [9.17, 15) is 0 Å². The molecule has 4 heteroatoms. The zero-order chi connectivity index (χ0) is 6.41. The predicted octanol–water partition coefficient (Wildman–Crippen LogP) is -0.700. The molecule has 1 radical (unpaired) electrons. The summed E-state index contributed by atoms with van der Waals surface area (Å²) < 4.78 is 4.41. The van der Waals surface area contributed by atoms with E-state index in [-0.39, 0.29) is 6.10 Å². The Morgan fingerprint density at radius 1 is 1.75 bits per heavy atom. The van der Waals surface area contributed by atoms with Gasteiger partial charge in [-0.3, -0.25) is 0 Å². The van der Waals surface area contributed by atoms with E-state index in [2.05, 4.69) is 4.65 Å². The van der Waals surface area contributed by atoms with E-state index >= 15 is 0 Å². The first-order chi connectivity index (χ1) is 3.77. The molecule has 0 aromatic heterocycles. The van der Waals surface area contributed by atoms with Crippen LogP contribution in [0.2, 0.25) is 0 Å². The molecule has 0 amide bonds. The Bertz CT molecular complexity index is 48.5. The van der Waals surface area contributed by atoms with Crippen LogP contribution in [-0.2, 0) is 4.65 Å². The Labute approximate surface area is 49.6 Å². The highest BCUT2D eigenvalue weighted by Gasteiger charge is 1.93. The molecule has 47 valence electrons. The topological polar surface area (TPSA) is 49.7 Å². The Kier molecular flexibility index (Phi) is 5.05. The van der Waals surface area contributed by atoms with Gasteiger partial charge in [0.2, 0.25) is 0 Å². The van der Waals surface area contributed by atoms with Gasteiger partial charge < -0.3 is 14.8 Å². The third-order valence-electron chi connectivity index (χ3n) is 0.728. The maximum absolute atomic E-state index is 8.60. The van der Waals surface area contributed by atoms with Gasteiger partial charge in [0.25, 0.3) is 0 Å². The van der Waals surface area contributed by atoms with Crippen molar-refractivity contribution in [2.75, 3.05) is 6.61 Å². The van der Waals surface area contributed by atoms with Crippen LogP contribution in [0.5, 0.6) is 0 Å². The molecule has 0 saturated heterocycles. The molecule has 3 nitrogen and oxygen atoms in total. The average molecular weight is 117 g/mol. The molecule has 0 rings (SSSR count). The summed E-state index contributed by atoms with van der Waals surface area (Å²) in [7, 11) is 0.627. The van der Waals surface area contributed by atoms with E-state index in [0.29, 0.717) is 20.7 Å². The number of rotatable bonds is 4. The first kappa shape index (κ1) is 7.94. The lowest BCUT2D eigenvalue weighted by Crippen LogP contribution is -2.07. The summed E-state index contributed by atoms with van der Waals surface area (Å²) in [5, 5.41) is 16.6. The molecule has 0 fully saturated rings. The summed E-state index contributed by atoms with van der Waals surface area (Å²) in [6.07, 6.45) is 0.201. The molecule has 0 aromatic rings.